The quantitative estimate of drug-likeness (QED) is 0.754. The minimum absolute atomic E-state index is 0.0723. The summed E-state index contributed by atoms with van der Waals surface area (Å²) in [5.74, 6) is -1.18. The fourth-order valence-corrected chi connectivity index (χ4v) is 1.32. The van der Waals surface area contributed by atoms with Crippen molar-refractivity contribution < 1.29 is 9.90 Å². The highest BCUT2D eigenvalue weighted by Crippen LogP contribution is 2.20. The second kappa shape index (κ2) is 3.49. The lowest BCUT2D eigenvalue weighted by atomic mass is 10.2. The summed E-state index contributed by atoms with van der Waals surface area (Å²) in [7, 11) is 0. The van der Waals surface area contributed by atoms with Crippen LogP contribution in [0.4, 0.5) is 5.69 Å². The van der Waals surface area contributed by atoms with Crippen LogP contribution in [0.25, 0.3) is 0 Å². The van der Waals surface area contributed by atoms with Gasteiger partial charge in [0.15, 0.2) is 0 Å². The smallest absolute Gasteiger partial charge is 0.340 e. The number of rotatable bonds is 3. The first-order valence-electron chi connectivity index (χ1n) is 4.18. The van der Waals surface area contributed by atoms with Crippen LogP contribution in [0.1, 0.15) is 10.4 Å². The first kappa shape index (κ1) is 10.4. The van der Waals surface area contributed by atoms with Gasteiger partial charge in [0.25, 0.3) is 0 Å². The molecule has 0 atom stereocenters. The molecule has 0 bridgehead atoms. The first-order chi connectivity index (χ1) is 7.50. The average molecular weight is 241 g/mol. The van der Waals surface area contributed by atoms with Crippen LogP contribution in [-0.4, -0.2) is 15.8 Å². The number of benzene rings is 1. The number of anilines is 1. The van der Waals surface area contributed by atoms with Gasteiger partial charge in [-0.15, -0.1) is 0 Å². The summed E-state index contributed by atoms with van der Waals surface area (Å²) in [6.45, 7) is 0. The maximum atomic E-state index is 10.8. The van der Waals surface area contributed by atoms with E-state index in [2.05, 4.69) is 5.43 Å². The molecule has 0 radical (unpaired) electrons. The molecule has 0 saturated heterocycles. The van der Waals surface area contributed by atoms with E-state index >= 15 is 0 Å². The maximum absolute atomic E-state index is 10.8. The fourth-order valence-electron chi connectivity index (χ4n) is 1.15. The lowest BCUT2D eigenvalue weighted by molar-refractivity contribution is 0.0698. The van der Waals surface area contributed by atoms with E-state index < -0.39 is 17.1 Å². The van der Waals surface area contributed by atoms with Crippen molar-refractivity contribution in [1.29, 1.82) is 0 Å². The summed E-state index contributed by atoms with van der Waals surface area (Å²) in [4.78, 5) is 32.3. The number of hydrogen-bond donors (Lipinski definition) is 2. The van der Waals surface area contributed by atoms with Gasteiger partial charge < -0.3 is 5.11 Å². The molecule has 2 rings (SSSR count). The largest absolute Gasteiger partial charge is 0.478 e. The summed E-state index contributed by atoms with van der Waals surface area (Å²) in [5.41, 5.74) is 0.976. The molecule has 1 heterocycles. The number of aromatic nitrogens is 1. The molecule has 2 aromatic rings. The minimum Gasteiger partial charge on any atom is -0.478 e. The van der Waals surface area contributed by atoms with E-state index in [4.69, 9.17) is 16.7 Å². The van der Waals surface area contributed by atoms with Crippen LogP contribution in [0.15, 0.2) is 27.8 Å². The van der Waals surface area contributed by atoms with Gasteiger partial charge in [-0.1, -0.05) is 11.6 Å². The van der Waals surface area contributed by atoms with Gasteiger partial charge in [-0.2, -0.15) is 4.68 Å². The second-order valence-electron chi connectivity index (χ2n) is 3.05. The van der Waals surface area contributed by atoms with Gasteiger partial charge in [0.2, 0.25) is 0 Å². The van der Waals surface area contributed by atoms with E-state index in [0.29, 0.717) is 9.70 Å². The molecule has 0 spiro atoms. The molecule has 2 N–H and O–H groups in total. The maximum Gasteiger partial charge on any atom is 0.340 e. The molecule has 82 valence electrons. The highest BCUT2D eigenvalue weighted by atomic mass is 35.5. The molecular formula is C9H5ClN2O4. The summed E-state index contributed by atoms with van der Waals surface area (Å²) in [5, 5.41) is 9.15. The summed E-state index contributed by atoms with van der Waals surface area (Å²) in [6.07, 6.45) is 0. The Morgan fingerprint density at radius 2 is 1.94 bits per heavy atom. The number of nitrogens with one attached hydrogen (secondary N) is 1. The number of aromatic carboxylic acids is 1. The van der Waals surface area contributed by atoms with Crippen molar-refractivity contribution >= 4 is 23.3 Å². The van der Waals surface area contributed by atoms with E-state index in [-0.39, 0.29) is 11.3 Å². The molecule has 0 aliphatic carbocycles. The Morgan fingerprint density at radius 1 is 1.31 bits per heavy atom. The van der Waals surface area contributed by atoms with E-state index in [0.717, 1.165) is 0 Å². The van der Waals surface area contributed by atoms with Crippen molar-refractivity contribution in [2.24, 2.45) is 0 Å². The Morgan fingerprint density at radius 3 is 2.44 bits per heavy atom. The third-order valence-electron chi connectivity index (χ3n) is 1.98. The zero-order valence-electron chi connectivity index (χ0n) is 7.73. The summed E-state index contributed by atoms with van der Waals surface area (Å²) in [6, 6.07) is 4.01. The first-order valence-corrected chi connectivity index (χ1v) is 4.56. The van der Waals surface area contributed by atoms with Crippen molar-refractivity contribution in [1.82, 2.24) is 4.68 Å². The molecule has 16 heavy (non-hydrogen) atoms. The van der Waals surface area contributed by atoms with Crippen LogP contribution in [0, 0.1) is 0 Å². The van der Waals surface area contributed by atoms with Crippen LogP contribution < -0.4 is 16.5 Å². The monoisotopic (exact) mass is 240 g/mol. The van der Waals surface area contributed by atoms with Crippen molar-refractivity contribution in [2.75, 3.05) is 5.43 Å². The van der Waals surface area contributed by atoms with Gasteiger partial charge in [-0.3, -0.25) is 15.0 Å². The van der Waals surface area contributed by atoms with Gasteiger partial charge in [-0.05, 0) is 18.2 Å². The highest BCUT2D eigenvalue weighted by molar-refractivity contribution is 6.31. The number of halogens is 1. The van der Waals surface area contributed by atoms with Crippen LogP contribution >= 0.6 is 11.6 Å². The zero-order valence-corrected chi connectivity index (χ0v) is 8.49. The molecule has 0 aliphatic heterocycles. The number of carbonyl (C=O) groups is 1. The molecule has 1 aromatic heterocycles. The summed E-state index contributed by atoms with van der Waals surface area (Å²) >= 11 is 5.68. The third kappa shape index (κ3) is 1.70. The van der Waals surface area contributed by atoms with Crippen molar-refractivity contribution in [2.45, 2.75) is 0 Å². The predicted molar refractivity (Wildman–Crippen MR) is 56.8 cm³/mol. The molecular weight excluding hydrogens is 236 g/mol. The molecule has 0 saturated carbocycles. The van der Waals surface area contributed by atoms with Crippen LogP contribution in [0.3, 0.4) is 0 Å². The second-order valence-corrected chi connectivity index (χ2v) is 3.49. The van der Waals surface area contributed by atoms with E-state index in [9.17, 15) is 14.4 Å². The van der Waals surface area contributed by atoms with Crippen LogP contribution in [0.2, 0.25) is 5.02 Å². The predicted octanol–water partition coefficient (Wildman–Crippen LogP) is 0.311. The van der Waals surface area contributed by atoms with E-state index in [1.165, 1.54) is 18.2 Å². The summed E-state index contributed by atoms with van der Waals surface area (Å²) < 4.78 is 0.706. The van der Waals surface area contributed by atoms with Gasteiger partial charge >= 0.3 is 17.1 Å². The van der Waals surface area contributed by atoms with Crippen molar-refractivity contribution in [3.63, 3.8) is 0 Å². The van der Waals surface area contributed by atoms with Crippen molar-refractivity contribution in [3.05, 3.63) is 49.5 Å². The molecule has 1 aromatic carbocycles. The van der Waals surface area contributed by atoms with Gasteiger partial charge in [0.1, 0.15) is 0 Å². The van der Waals surface area contributed by atoms with Gasteiger partial charge in [-0.25, -0.2) is 4.79 Å². The Balaban J connectivity index is 2.42. The molecule has 6 nitrogen and oxygen atoms in total. The average Bonchev–Trinajstić information content (AvgIpc) is 2.75. The molecule has 0 amide bonds. The topological polar surface area (TPSA) is 88.4 Å². The molecule has 0 unspecified atom stereocenters. The number of hydrogen-bond acceptors (Lipinski definition) is 4. The lowest BCUT2D eigenvalue weighted by Crippen LogP contribution is -2.11. The molecule has 0 fully saturated rings. The number of nitrogens with zero attached hydrogens (tertiary/aromatic N) is 1. The zero-order chi connectivity index (χ0) is 11.9. The highest BCUT2D eigenvalue weighted by Gasteiger charge is 2.19. The van der Waals surface area contributed by atoms with E-state index in [1.807, 2.05) is 0 Å². The Labute approximate surface area is 93.4 Å². The van der Waals surface area contributed by atoms with Crippen molar-refractivity contribution in [3.8, 4) is 0 Å². The van der Waals surface area contributed by atoms with Gasteiger partial charge in [0.05, 0.1) is 11.3 Å². The molecule has 0 aliphatic rings. The standard InChI is InChI=1S/C9H5ClN2O4/c10-4-1-2-5(9(15)16)6(3-4)11-12-7(13)8(12)14/h1-3,11H,(H,15,16). The number of carboxylic acid groups (broad SMARTS) is 1. The third-order valence-corrected chi connectivity index (χ3v) is 2.22. The van der Waals surface area contributed by atoms with Crippen LogP contribution in [0.5, 0.6) is 0 Å². The Bertz CT molecular complexity index is 614. The SMILES string of the molecule is O=C(O)c1ccc(Cl)cc1Nn1c(=O)c1=O. The number of carboxylic acids is 1. The Kier molecular flexibility index (Phi) is 2.28. The lowest BCUT2D eigenvalue weighted by Gasteiger charge is -2.05. The van der Waals surface area contributed by atoms with Crippen LogP contribution in [-0.2, 0) is 0 Å². The van der Waals surface area contributed by atoms with Gasteiger partial charge in [0, 0.05) is 5.02 Å². The van der Waals surface area contributed by atoms with E-state index in [1.54, 1.807) is 0 Å². The fraction of sp³-hybridized carbons (Fsp3) is 0. The molecule has 7 heteroatoms. The normalized spacial score (nSPS) is 10.6. The Hall–Kier alpha value is -2.08. The minimum atomic E-state index is -1.18.